The van der Waals surface area contributed by atoms with Gasteiger partial charge >= 0.3 is 0 Å². The highest BCUT2D eigenvalue weighted by Crippen LogP contribution is 2.39. The van der Waals surface area contributed by atoms with Gasteiger partial charge in [-0.05, 0) is 51.1 Å². The number of nitrogens with zero attached hydrogens (tertiary/aromatic N) is 4. The van der Waals surface area contributed by atoms with Crippen LogP contribution in [-0.4, -0.2) is 40.4 Å². The smallest absolute Gasteiger partial charge is 0.264 e. The first kappa shape index (κ1) is 23.2. The van der Waals surface area contributed by atoms with Crippen LogP contribution in [0, 0.1) is 0 Å². The van der Waals surface area contributed by atoms with Crippen LogP contribution < -0.4 is 4.31 Å². The molecule has 1 N–H and O–H groups in total. The van der Waals surface area contributed by atoms with Crippen LogP contribution in [0.4, 0.5) is 5.69 Å². The number of benzene rings is 2. The highest BCUT2D eigenvalue weighted by atomic mass is 35.5. The fourth-order valence-corrected chi connectivity index (χ4v) is 5.52. The molecule has 0 aliphatic carbocycles. The number of sulfonamides is 1. The van der Waals surface area contributed by atoms with Crippen LogP contribution in [0.1, 0.15) is 39.4 Å². The molecule has 0 amide bonds. The zero-order valence-electron chi connectivity index (χ0n) is 18.2. The van der Waals surface area contributed by atoms with E-state index < -0.39 is 15.6 Å². The monoisotopic (exact) mass is 462 g/mol. The average molecular weight is 463 g/mol. The van der Waals surface area contributed by atoms with Gasteiger partial charge in [0.25, 0.3) is 10.0 Å². The van der Waals surface area contributed by atoms with Gasteiger partial charge in [-0.2, -0.15) is 0 Å². The molecule has 31 heavy (non-hydrogen) atoms. The van der Waals surface area contributed by atoms with E-state index >= 15 is 0 Å². The van der Waals surface area contributed by atoms with Gasteiger partial charge < -0.3 is 9.67 Å². The zero-order chi connectivity index (χ0) is 23.0. The Bertz CT molecular complexity index is 1170. The molecule has 0 aliphatic rings. The van der Waals surface area contributed by atoms with Crippen molar-refractivity contribution < 1.29 is 13.5 Å². The van der Waals surface area contributed by atoms with Crippen LogP contribution in [0.2, 0.25) is 5.02 Å². The molecule has 1 aromatic heterocycles. The van der Waals surface area contributed by atoms with Crippen molar-refractivity contribution in [1.82, 2.24) is 14.8 Å². The van der Waals surface area contributed by atoms with E-state index in [-0.39, 0.29) is 17.4 Å². The molecular formula is C22H27ClN4O3S. The van der Waals surface area contributed by atoms with Crippen LogP contribution in [0.3, 0.4) is 0 Å². The molecule has 1 heterocycles. The van der Waals surface area contributed by atoms with Crippen LogP contribution in [0.15, 0.2) is 53.4 Å². The van der Waals surface area contributed by atoms with Gasteiger partial charge in [-0.3, -0.25) is 4.31 Å². The first-order chi connectivity index (χ1) is 14.5. The molecule has 3 rings (SSSR count). The molecule has 166 valence electrons. The van der Waals surface area contributed by atoms with E-state index in [9.17, 15) is 13.5 Å². The first-order valence-corrected chi connectivity index (χ1v) is 11.7. The summed E-state index contributed by atoms with van der Waals surface area (Å²) in [4.78, 5) is 0.193. The Morgan fingerprint density at radius 3 is 2.35 bits per heavy atom. The molecule has 0 aliphatic heterocycles. The minimum Gasteiger partial charge on any atom is -0.396 e. The second-order valence-corrected chi connectivity index (χ2v) is 10.7. The number of hydrogen-bond donors (Lipinski definition) is 1. The summed E-state index contributed by atoms with van der Waals surface area (Å²) in [5, 5.41) is 18.5. The fourth-order valence-electron chi connectivity index (χ4n) is 3.50. The molecule has 9 heteroatoms. The normalized spacial score (nSPS) is 13.3. The predicted molar refractivity (Wildman–Crippen MR) is 123 cm³/mol. The summed E-state index contributed by atoms with van der Waals surface area (Å²) in [5.74, 6) is 0.836. The van der Waals surface area contributed by atoms with Crippen LogP contribution in [-0.2, 0) is 17.1 Å². The lowest BCUT2D eigenvalue weighted by Gasteiger charge is -2.37. The summed E-state index contributed by atoms with van der Waals surface area (Å²) in [7, 11) is -2.10. The number of aliphatic hydroxyl groups is 1. The highest BCUT2D eigenvalue weighted by molar-refractivity contribution is 7.93. The molecule has 2 aromatic carbocycles. The van der Waals surface area contributed by atoms with Crippen LogP contribution >= 0.6 is 11.6 Å². The third-order valence-electron chi connectivity index (χ3n) is 4.93. The molecule has 0 unspecified atom stereocenters. The zero-order valence-corrected chi connectivity index (χ0v) is 19.8. The van der Waals surface area contributed by atoms with Gasteiger partial charge in [0.05, 0.1) is 17.2 Å². The number of aromatic nitrogens is 3. The predicted octanol–water partition coefficient (Wildman–Crippen LogP) is 4.23. The molecule has 0 saturated heterocycles. The molecule has 0 spiro atoms. The molecule has 0 bridgehead atoms. The summed E-state index contributed by atoms with van der Waals surface area (Å²) in [6.07, 6.45) is 0. The van der Waals surface area contributed by atoms with Gasteiger partial charge in [-0.15, -0.1) is 10.2 Å². The quantitative estimate of drug-likeness (QED) is 0.592. The van der Waals surface area contributed by atoms with Gasteiger partial charge in [0.2, 0.25) is 0 Å². The Morgan fingerprint density at radius 2 is 1.77 bits per heavy atom. The van der Waals surface area contributed by atoms with E-state index in [2.05, 4.69) is 10.2 Å². The maximum absolute atomic E-state index is 13.7. The summed E-state index contributed by atoms with van der Waals surface area (Å²) >= 11 is 6.30. The van der Waals surface area contributed by atoms with Crippen molar-refractivity contribution in [1.29, 1.82) is 0 Å². The summed E-state index contributed by atoms with van der Waals surface area (Å²) < 4.78 is 30.6. The maximum atomic E-state index is 13.7. The van der Waals surface area contributed by atoms with Crippen LogP contribution in [0.25, 0.3) is 11.4 Å². The largest absolute Gasteiger partial charge is 0.396 e. The fraction of sp³-hybridized carbons (Fsp3) is 0.364. The van der Waals surface area contributed by atoms with Crippen molar-refractivity contribution in [3.05, 3.63) is 59.4 Å². The third kappa shape index (κ3) is 4.46. The van der Waals surface area contributed by atoms with Crippen molar-refractivity contribution in [2.75, 3.05) is 10.9 Å². The van der Waals surface area contributed by atoms with Crippen LogP contribution in [0.5, 0.6) is 0 Å². The average Bonchev–Trinajstić information content (AvgIpc) is 3.09. The highest BCUT2D eigenvalue weighted by Gasteiger charge is 2.36. The number of halogens is 1. The SMILES string of the molecule is C[C@H](CO)c1nnc(-c2cc(Cl)ccc2N(C(C)(C)C)S(=O)(=O)c2ccccc2)n1C. The number of anilines is 1. The molecule has 0 radical (unpaired) electrons. The Morgan fingerprint density at radius 1 is 1.13 bits per heavy atom. The first-order valence-electron chi connectivity index (χ1n) is 9.89. The van der Waals surface area contributed by atoms with E-state index in [1.807, 2.05) is 27.7 Å². The van der Waals surface area contributed by atoms with E-state index in [4.69, 9.17) is 11.6 Å². The van der Waals surface area contributed by atoms with Crippen molar-refractivity contribution in [3.8, 4) is 11.4 Å². The van der Waals surface area contributed by atoms with Gasteiger partial charge in [0.15, 0.2) is 5.82 Å². The summed E-state index contributed by atoms with van der Waals surface area (Å²) in [6.45, 7) is 7.27. The lowest BCUT2D eigenvalue weighted by atomic mass is 10.1. The van der Waals surface area contributed by atoms with Crippen molar-refractivity contribution in [2.45, 2.75) is 44.0 Å². The molecule has 0 fully saturated rings. The lowest BCUT2D eigenvalue weighted by molar-refractivity contribution is 0.267. The molecule has 1 atom stereocenters. The third-order valence-corrected chi connectivity index (χ3v) is 7.26. The minimum atomic E-state index is -3.89. The van der Waals surface area contributed by atoms with Gasteiger partial charge in [-0.1, -0.05) is 36.7 Å². The minimum absolute atomic E-state index is 0.0785. The van der Waals surface area contributed by atoms with Gasteiger partial charge in [0, 0.05) is 29.1 Å². The van der Waals surface area contributed by atoms with Crippen molar-refractivity contribution in [3.63, 3.8) is 0 Å². The number of aliphatic hydroxyl groups excluding tert-OH is 1. The second kappa shape index (κ2) is 8.61. The Hall–Kier alpha value is -2.42. The maximum Gasteiger partial charge on any atom is 0.264 e. The summed E-state index contributed by atoms with van der Waals surface area (Å²) in [5.41, 5.74) is 0.199. The summed E-state index contributed by atoms with van der Waals surface area (Å²) in [6, 6.07) is 13.4. The second-order valence-electron chi connectivity index (χ2n) is 8.44. The lowest BCUT2D eigenvalue weighted by Crippen LogP contribution is -2.46. The van der Waals surface area contributed by atoms with E-state index in [1.165, 1.54) is 4.31 Å². The van der Waals surface area contributed by atoms with Crippen molar-refractivity contribution in [2.24, 2.45) is 7.05 Å². The standard InChI is InChI=1S/C22H27ClN4O3S/c1-15(14-28)20-24-25-21(26(20)5)18-13-16(23)11-12-19(18)27(22(2,3)4)31(29,30)17-9-7-6-8-10-17/h6-13,15,28H,14H2,1-5H3/t15-/m1/s1. The molecule has 7 nitrogen and oxygen atoms in total. The molecule has 3 aromatic rings. The van der Waals surface area contributed by atoms with Crippen molar-refractivity contribution >= 4 is 27.3 Å². The van der Waals surface area contributed by atoms with Gasteiger partial charge in [-0.25, -0.2) is 8.42 Å². The molecular weight excluding hydrogens is 436 g/mol. The van der Waals surface area contributed by atoms with E-state index in [0.29, 0.717) is 27.9 Å². The molecule has 0 saturated carbocycles. The van der Waals surface area contributed by atoms with Gasteiger partial charge in [0.1, 0.15) is 5.82 Å². The topological polar surface area (TPSA) is 88.3 Å². The number of hydrogen-bond acceptors (Lipinski definition) is 5. The Kier molecular flexibility index (Phi) is 6.45. The number of rotatable bonds is 6. The Balaban J connectivity index is 2.28. The van der Waals surface area contributed by atoms with E-state index in [1.54, 1.807) is 60.1 Å². The van der Waals surface area contributed by atoms with E-state index in [0.717, 1.165) is 0 Å². The Labute approximate surface area is 188 Å².